The van der Waals surface area contributed by atoms with Gasteiger partial charge in [0.15, 0.2) is 0 Å². The molecule has 0 heterocycles. The van der Waals surface area contributed by atoms with Crippen LogP contribution in [0.15, 0.2) is 12.2 Å². The Morgan fingerprint density at radius 2 is 2.06 bits per heavy atom. The predicted molar refractivity (Wildman–Crippen MR) is 68.3 cm³/mol. The highest BCUT2D eigenvalue weighted by Gasteiger charge is 2.08. The van der Waals surface area contributed by atoms with Crippen LogP contribution in [0.25, 0.3) is 0 Å². The molecule has 16 heavy (non-hydrogen) atoms. The number of carbonyl (C=O) groups is 1. The first kappa shape index (κ1) is 15.2. The number of hydrogen-bond donors (Lipinski definition) is 0. The van der Waals surface area contributed by atoms with Crippen molar-refractivity contribution in [1.82, 2.24) is 0 Å². The van der Waals surface area contributed by atoms with Crippen molar-refractivity contribution in [2.24, 2.45) is 5.92 Å². The Morgan fingerprint density at radius 1 is 1.31 bits per heavy atom. The van der Waals surface area contributed by atoms with E-state index >= 15 is 0 Å². The minimum absolute atomic E-state index is 0.157. The van der Waals surface area contributed by atoms with Crippen LogP contribution in [0.5, 0.6) is 0 Å². The first-order valence-corrected chi connectivity index (χ1v) is 6.45. The summed E-state index contributed by atoms with van der Waals surface area (Å²) in [5.41, 5.74) is 0. The summed E-state index contributed by atoms with van der Waals surface area (Å²) >= 11 is 0. The maximum absolute atomic E-state index is 10.7. The Bertz CT molecular complexity index is 197. The van der Waals surface area contributed by atoms with E-state index in [1.165, 1.54) is 39.0 Å². The van der Waals surface area contributed by atoms with Crippen molar-refractivity contribution < 1.29 is 9.53 Å². The molecule has 2 nitrogen and oxygen atoms in total. The summed E-state index contributed by atoms with van der Waals surface area (Å²) in [4.78, 5) is 10.7. The van der Waals surface area contributed by atoms with E-state index in [9.17, 15) is 4.79 Å². The van der Waals surface area contributed by atoms with Crippen molar-refractivity contribution in [3.63, 3.8) is 0 Å². The molecule has 94 valence electrons. The van der Waals surface area contributed by atoms with Crippen LogP contribution >= 0.6 is 0 Å². The van der Waals surface area contributed by atoms with E-state index in [0.717, 1.165) is 6.42 Å². The van der Waals surface area contributed by atoms with Gasteiger partial charge in [0, 0.05) is 6.92 Å². The SMILES string of the molecule is CC=CCCCCC(CCC)COC(C)=O. The molecule has 1 unspecified atom stereocenters. The van der Waals surface area contributed by atoms with Gasteiger partial charge in [-0.05, 0) is 38.5 Å². The minimum Gasteiger partial charge on any atom is -0.466 e. The van der Waals surface area contributed by atoms with Crippen molar-refractivity contribution in [3.05, 3.63) is 12.2 Å². The number of rotatable bonds is 9. The second-order valence-electron chi connectivity index (χ2n) is 4.31. The predicted octanol–water partition coefficient (Wildman–Crippen LogP) is 4.10. The quantitative estimate of drug-likeness (QED) is 0.336. The number of ether oxygens (including phenoxy) is 1. The first-order valence-electron chi connectivity index (χ1n) is 6.45. The van der Waals surface area contributed by atoms with E-state index in [2.05, 4.69) is 26.0 Å². The fourth-order valence-electron chi connectivity index (χ4n) is 1.82. The average molecular weight is 226 g/mol. The maximum Gasteiger partial charge on any atom is 0.302 e. The Labute approximate surface area is 100 Å². The van der Waals surface area contributed by atoms with Gasteiger partial charge in [0.25, 0.3) is 0 Å². The third-order valence-corrected chi connectivity index (χ3v) is 2.69. The summed E-state index contributed by atoms with van der Waals surface area (Å²) in [6.45, 7) is 6.32. The van der Waals surface area contributed by atoms with E-state index in [1.54, 1.807) is 0 Å². The van der Waals surface area contributed by atoms with Gasteiger partial charge in [-0.1, -0.05) is 31.9 Å². The van der Waals surface area contributed by atoms with Crippen molar-refractivity contribution >= 4 is 5.97 Å². The van der Waals surface area contributed by atoms with Crippen LogP contribution in [0.3, 0.4) is 0 Å². The van der Waals surface area contributed by atoms with E-state index in [4.69, 9.17) is 4.74 Å². The van der Waals surface area contributed by atoms with Crippen LogP contribution in [-0.2, 0) is 9.53 Å². The molecule has 0 aromatic carbocycles. The fraction of sp³-hybridized carbons (Fsp3) is 0.786. The lowest BCUT2D eigenvalue weighted by Gasteiger charge is -2.15. The molecule has 0 aliphatic heterocycles. The van der Waals surface area contributed by atoms with Crippen LogP contribution in [0.4, 0.5) is 0 Å². The lowest BCUT2D eigenvalue weighted by atomic mass is 9.97. The molecule has 0 rings (SSSR count). The molecule has 0 aliphatic carbocycles. The van der Waals surface area contributed by atoms with Gasteiger partial charge in [-0.2, -0.15) is 0 Å². The molecule has 0 fully saturated rings. The molecule has 0 amide bonds. The zero-order chi connectivity index (χ0) is 12.2. The molecule has 0 bridgehead atoms. The molecule has 1 atom stereocenters. The number of esters is 1. The van der Waals surface area contributed by atoms with Gasteiger partial charge in [0.05, 0.1) is 6.61 Å². The van der Waals surface area contributed by atoms with Gasteiger partial charge >= 0.3 is 5.97 Å². The van der Waals surface area contributed by atoms with Gasteiger partial charge < -0.3 is 4.74 Å². The Balaban J connectivity index is 3.62. The van der Waals surface area contributed by atoms with E-state index in [-0.39, 0.29) is 5.97 Å². The molecule has 2 heteroatoms. The number of allylic oxidation sites excluding steroid dienone is 2. The smallest absolute Gasteiger partial charge is 0.302 e. The first-order chi connectivity index (χ1) is 7.70. The Hall–Kier alpha value is -0.790. The van der Waals surface area contributed by atoms with Crippen LogP contribution in [-0.4, -0.2) is 12.6 Å². The summed E-state index contributed by atoms with van der Waals surface area (Å²) in [5.74, 6) is 0.398. The van der Waals surface area contributed by atoms with Crippen molar-refractivity contribution in [3.8, 4) is 0 Å². The van der Waals surface area contributed by atoms with Crippen LogP contribution < -0.4 is 0 Å². The summed E-state index contributed by atoms with van der Waals surface area (Å²) < 4.78 is 5.08. The second kappa shape index (κ2) is 10.7. The van der Waals surface area contributed by atoms with Crippen molar-refractivity contribution in [1.29, 1.82) is 0 Å². The van der Waals surface area contributed by atoms with E-state index < -0.39 is 0 Å². The minimum atomic E-state index is -0.157. The van der Waals surface area contributed by atoms with Crippen LogP contribution in [0.1, 0.15) is 59.3 Å². The third-order valence-electron chi connectivity index (χ3n) is 2.69. The summed E-state index contributed by atoms with van der Waals surface area (Å²) in [7, 11) is 0. The number of unbranched alkanes of at least 4 members (excludes halogenated alkanes) is 2. The van der Waals surface area contributed by atoms with Gasteiger partial charge in [-0.25, -0.2) is 0 Å². The topological polar surface area (TPSA) is 26.3 Å². The monoisotopic (exact) mass is 226 g/mol. The van der Waals surface area contributed by atoms with E-state index in [1.807, 2.05) is 0 Å². The van der Waals surface area contributed by atoms with Gasteiger partial charge in [-0.15, -0.1) is 0 Å². The van der Waals surface area contributed by atoms with Gasteiger partial charge in [-0.3, -0.25) is 4.79 Å². The highest BCUT2D eigenvalue weighted by molar-refractivity contribution is 5.65. The highest BCUT2D eigenvalue weighted by Crippen LogP contribution is 2.16. The molecule has 0 N–H and O–H groups in total. The standard InChI is InChI=1S/C14H26O2/c1-4-6-7-8-9-11-14(10-5-2)12-16-13(3)15/h4,6,14H,5,7-12H2,1-3H3. The van der Waals surface area contributed by atoms with Gasteiger partial charge in [0.2, 0.25) is 0 Å². The zero-order valence-corrected chi connectivity index (χ0v) is 11.0. The number of carbonyl (C=O) groups excluding carboxylic acids is 1. The summed E-state index contributed by atoms with van der Waals surface area (Å²) in [6.07, 6.45) is 11.5. The molecule has 0 aromatic heterocycles. The maximum atomic E-state index is 10.7. The molecular weight excluding hydrogens is 200 g/mol. The van der Waals surface area contributed by atoms with Gasteiger partial charge in [0.1, 0.15) is 0 Å². The van der Waals surface area contributed by atoms with Crippen molar-refractivity contribution in [2.45, 2.75) is 59.3 Å². The molecular formula is C14H26O2. The number of hydrogen-bond acceptors (Lipinski definition) is 2. The lowest BCUT2D eigenvalue weighted by molar-refractivity contribution is -0.142. The lowest BCUT2D eigenvalue weighted by Crippen LogP contribution is -2.12. The Morgan fingerprint density at radius 3 is 2.62 bits per heavy atom. The second-order valence-corrected chi connectivity index (χ2v) is 4.31. The molecule has 0 aromatic rings. The Kier molecular flexibility index (Phi) is 10.2. The van der Waals surface area contributed by atoms with E-state index in [0.29, 0.717) is 12.5 Å². The van der Waals surface area contributed by atoms with Crippen molar-refractivity contribution in [2.75, 3.05) is 6.61 Å². The third kappa shape index (κ3) is 9.75. The zero-order valence-electron chi connectivity index (χ0n) is 11.0. The normalized spacial score (nSPS) is 12.9. The molecule has 0 saturated carbocycles. The fourth-order valence-corrected chi connectivity index (χ4v) is 1.82. The summed E-state index contributed by atoms with van der Waals surface area (Å²) in [6, 6.07) is 0. The van der Waals surface area contributed by atoms with Crippen LogP contribution in [0, 0.1) is 5.92 Å². The molecule has 0 radical (unpaired) electrons. The summed E-state index contributed by atoms with van der Waals surface area (Å²) in [5, 5.41) is 0. The molecule has 0 saturated heterocycles. The average Bonchev–Trinajstić information content (AvgIpc) is 2.25. The highest BCUT2D eigenvalue weighted by atomic mass is 16.5. The molecule has 0 aliphatic rings. The molecule has 0 spiro atoms. The largest absolute Gasteiger partial charge is 0.466 e. The van der Waals surface area contributed by atoms with Crippen LogP contribution in [0.2, 0.25) is 0 Å².